The zero-order valence-corrected chi connectivity index (χ0v) is 23.9. The third-order valence-electron chi connectivity index (χ3n) is 7.06. The molecule has 0 saturated carbocycles. The predicted octanol–water partition coefficient (Wildman–Crippen LogP) is 6.18. The number of hydrogen-bond donors (Lipinski definition) is 1. The molecule has 208 valence electrons. The zero-order valence-electron chi connectivity index (χ0n) is 23.9. The van der Waals surface area contributed by atoms with Gasteiger partial charge in [-0.1, -0.05) is 89.1 Å². The number of hydrogen-bond acceptors (Lipinski definition) is 7. The Hall–Kier alpha value is -3.43. The monoisotopic (exact) mass is 531 g/mol. The van der Waals surface area contributed by atoms with Gasteiger partial charge < -0.3 is 9.47 Å². The number of H-pyrrole nitrogens is 1. The molecular formula is C30H41N7O2. The van der Waals surface area contributed by atoms with Gasteiger partial charge in [-0.05, 0) is 52.8 Å². The van der Waals surface area contributed by atoms with Crippen molar-refractivity contribution in [1.29, 1.82) is 0 Å². The summed E-state index contributed by atoms with van der Waals surface area (Å²) < 4.78 is 14.4. The van der Waals surface area contributed by atoms with Crippen LogP contribution in [0.2, 0.25) is 0 Å². The Morgan fingerprint density at radius 1 is 0.897 bits per heavy atom. The van der Waals surface area contributed by atoms with Gasteiger partial charge in [-0.25, -0.2) is 14.8 Å². The minimum absolute atomic E-state index is 0.530. The van der Waals surface area contributed by atoms with Crippen LogP contribution in [0.4, 0.5) is 0 Å². The molecular weight excluding hydrogens is 490 g/mol. The normalized spacial score (nSPS) is 11.9. The summed E-state index contributed by atoms with van der Waals surface area (Å²) >= 11 is 0. The maximum Gasteiger partial charge on any atom is 0.229 e. The Morgan fingerprint density at radius 2 is 1.56 bits per heavy atom. The Kier molecular flexibility index (Phi) is 9.95. The van der Waals surface area contributed by atoms with E-state index < -0.39 is 5.79 Å². The van der Waals surface area contributed by atoms with E-state index in [9.17, 15) is 0 Å². The average Bonchev–Trinajstić information content (AvgIpc) is 3.65. The third kappa shape index (κ3) is 6.96. The van der Waals surface area contributed by atoms with Crippen LogP contribution in [-0.2, 0) is 28.2 Å². The Morgan fingerprint density at radius 3 is 2.15 bits per heavy atom. The molecule has 2 aromatic heterocycles. The van der Waals surface area contributed by atoms with Gasteiger partial charge in [-0.2, -0.15) is 5.10 Å². The summed E-state index contributed by atoms with van der Waals surface area (Å²) in [5, 5.41) is 19.4. The van der Waals surface area contributed by atoms with Crippen molar-refractivity contribution >= 4 is 0 Å². The van der Waals surface area contributed by atoms with Crippen molar-refractivity contribution in [3.8, 4) is 22.5 Å². The van der Waals surface area contributed by atoms with Crippen molar-refractivity contribution in [2.24, 2.45) is 5.92 Å². The fourth-order valence-electron chi connectivity index (χ4n) is 4.60. The van der Waals surface area contributed by atoms with Crippen molar-refractivity contribution < 1.29 is 9.47 Å². The van der Waals surface area contributed by atoms with Crippen LogP contribution in [0.3, 0.4) is 0 Å². The molecule has 0 amide bonds. The molecule has 1 N–H and O–H groups in total. The summed E-state index contributed by atoms with van der Waals surface area (Å²) in [6.45, 7) is 12.6. The quantitative estimate of drug-likeness (QED) is 0.183. The molecule has 4 rings (SSSR count). The van der Waals surface area contributed by atoms with Crippen molar-refractivity contribution in [2.75, 3.05) is 13.2 Å². The Balaban J connectivity index is 1.63. The third-order valence-corrected chi connectivity index (χ3v) is 7.06. The van der Waals surface area contributed by atoms with Crippen LogP contribution in [0.25, 0.3) is 22.5 Å². The number of rotatable bonds is 15. The van der Waals surface area contributed by atoms with E-state index in [2.05, 4.69) is 83.3 Å². The van der Waals surface area contributed by atoms with Crippen LogP contribution >= 0.6 is 0 Å². The molecule has 0 spiro atoms. The highest BCUT2D eigenvalue weighted by Crippen LogP contribution is 2.30. The second kappa shape index (κ2) is 13.6. The number of benzene rings is 2. The number of nitrogens with zero attached hydrogens (tertiary/aromatic N) is 6. The van der Waals surface area contributed by atoms with E-state index in [0.717, 1.165) is 60.3 Å². The summed E-state index contributed by atoms with van der Waals surface area (Å²) in [5.74, 6) is 1.72. The summed E-state index contributed by atoms with van der Waals surface area (Å²) in [5.41, 5.74) is 4.29. The van der Waals surface area contributed by atoms with E-state index >= 15 is 0 Å². The maximum atomic E-state index is 6.17. The van der Waals surface area contributed by atoms with Crippen LogP contribution in [0.15, 0.2) is 48.5 Å². The van der Waals surface area contributed by atoms with E-state index in [-0.39, 0.29) is 0 Å². The topological polar surface area (TPSA) is 104 Å². The molecule has 0 bridgehead atoms. The van der Waals surface area contributed by atoms with Gasteiger partial charge in [0.1, 0.15) is 5.82 Å². The molecule has 39 heavy (non-hydrogen) atoms. The van der Waals surface area contributed by atoms with E-state index in [1.807, 2.05) is 25.1 Å². The first-order chi connectivity index (χ1) is 19.0. The maximum absolute atomic E-state index is 6.17. The Bertz CT molecular complexity index is 1270. The molecule has 9 nitrogen and oxygen atoms in total. The van der Waals surface area contributed by atoms with E-state index in [1.165, 1.54) is 0 Å². The number of nitrogens with one attached hydrogen (secondary N) is 1. The fraction of sp³-hybridized carbons (Fsp3) is 0.500. The van der Waals surface area contributed by atoms with E-state index in [4.69, 9.17) is 19.6 Å². The van der Waals surface area contributed by atoms with Crippen molar-refractivity contribution in [1.82, 2.24) is 35.4 Å². The first-order valence-electron chi connectivity index (χ1n) is 14.2. The minimum Gasteiger partial charge on any atom is -0.344 e. The van der Waals surface area contributed by atoms with Gasteiger partial charge >= 0.3 is 0 Å². The minimum atomic E-state index is -0.969. The van der Waals surface area contributed by atoms with Gasteiger partial charge in [0, 0.05) is 18.5 Å². The molecule has 4 aromatic rings. The second-order valence-corrected chi connectivity index (χ2v) is 10.0. The van der Waals surface area contributed by atoms with Gasteiger partial charge in [0.15, 0.2) is 5.82 Å². The molecule has 2 heterocycles. The molecule has 0 unspecified atom stereocenters. The van der Waals surface area contributed by atoms with Crippen LogP contribution in [0, 0.1) is 5.92 Å². The van der Waals surface area contributed by atoms with Crippen LogP contribution in [0.1, 0.15) is 77.5 Å². The van der Waals surface area contributed by atoms with Gasteiger partial charge in [0.25, 0.3) is 0 Å². The van der Waals surface area contributed by atoms with Crippen molar-refractivity contribution in [3.05, 3.63) is 65.7 Å². The summed E-state index contributed by atoms with van der Waals surface area (Å²) in [6, 6.07) is 16.7. The highest BCUT2D eigenvalue weighted by molar-refractivity contribution is 5.80. The first kappa shape index (κ1) is 28.6. The molecule has 0 aliphatic heterocycles. The summed E-state index contributed by atoms with van der Waals surface area (Å²) in [6.07, 6.45) is 4.65. The SMILES string of the molecule is CCCOC(C)(OCCC)c1nc(Cc2ccc(-c3ccccc3-c3nnn[nH]3)cc2)n(CC(CC)CC)n1. The highest BCUT2D eigenvalue weighted by Gasteiger charge is 2.34. The van der Waals surface area contributed by atoms with Gasteiger partial charge in [0.05, 0.1) is 13.2 Å². The molecule has 0 aliphatic carbocycles. The van der Waals surface area contributed by atoms with Crippen molar-refractivity contribution in [3.63, 3.8) is 0 Å². The summed E-state index contributed by atoms with van der Waals surface area (Å²) in [4.78, 5) is 5.01. The standard InChI is InChI=1S/C30H41N7O2/c1-6-18-38-30(5,39-19-7-2)29-31-27(37(34-29)21-22(8-3)9-4)20-23-14-16-24(17-15-23)25-12-10-11-13-26(25)28-32-35-36-33-28/h10-17,22H,6-9,18-21H2,1-5H3,(H,32,33,35,36). The second-order valence-electron chi connectivity index (χ2n) is 10.0. The lowest BCUT2D eigenvalue weighted by Gasteiger charge is -2.27. The highest BCUT2D eigenvalue weighted by atomic mass is 16.7. The zero-order chi connectivity index (χ0) is 27.7. The van der Waals surface area contributed by atoms with Crippen LogP contribution in [-0.4, -0.2) is 48.6 Å². The molecule has 0 radical (unpaired) electrons. The fourth-order valence-corrected chi connectivity index (χ4v) is 4.60. The lowest BCUT2D eigenvalue weighted by Crippen LogP contribution is -2.32. The lowest BCUT2D eigenvalue weighted by atomic mass is 9.97. The van der Waals surface area contributed by atoms with Gasteiger partial charge in [0.2, 0.25) is 11.6 Å². The van der Waals surface area contributed by atoms with Crippen molar-refractivity contribution in [2.45, 2.75) is 79.1 Å². The lowest BCUT2D eigenvalue weighted by molar-refractivity contribution is -0.239. The molecule has 0 fully saturated rings. The first-order valence-corrected chi connectivity index (χ1v) is 14.2. The average molecular weight is 532 g/mol. The number of aromatic amines is 1. The number of tetrazole rings is 1. The van der Waals surface area contributed by atoms with Crippen LogP contribution < -0.4 is 0 Å². The van der Waals surface area contributed by atoms with Gasteiger partial charge in [-0.3, -0.25) is 0 Å². The molecule has 0 atom stereocenters. The van der Waals surface area contributed by atoms with E-state index in [1.54, 1.807) is 0 Å². The van der Waals surface area contributed by atoms with Crippen LogP contribution in [0.5, 0.6) is 0 Å². The number of aromatic nitrogens is 7. The summed E-state index contributed by atoms with van der Waals surface area (Å²) in [7, 11) is 0. The van der Waals surface area contributed by atoms with Gasteiger partial charge in [-0.15, -0.1) is 5.10 Å². The molecule has 9 heteroatoms. The molecule has 0 saturated heterocycles. The van der Waals surface area contributed by atoms with E-state index in [0.29, 0.717) is 37.2 Å². The molecule has 0 aliphatic rings. The molecule has 2 aromatic carbocycles. The largest absolute Gasteiger partial charge is 0.344 e. The predicted molar refractivity (Wildman–Crippen MR) is 152 cm³/mol. The number of ether oxygens (including phenoxy) is 2. The smallest absolute Gasteiger partial charge is 0.229 e. The Labute approximate surface area is 231 Å².